The number of carbonyl (C=O) groups is 2. The van der Waals surface area contributed by atoms with Gasteiger partial charge >= 0.3 is 6.03 Å². The molecule has 1 aromatic rings. The summed E-state index contributed by atoms with van der Waals surface area (Å²) in [6.45, 7) is 6.54. The fourth-order valence-corrected chi connectivity index (χ4v) is 3.41. The van der Waals surface area contributed by atoms with Crippen LogP contribution in [0, 0.1) is 5.92 Å². The quantitative estimate of drug-likeness (QED) is 0.768. The summed E-state index contributed by atoms with van der Waals surface area (Å²) >= 11 is 0. The van der Waals surface area contributed by atoms with E-state index in [-0.39, 0.29) is 29.6 Å². The summed E-state index contributed by atoms with van der Waals surface area (Å²) in [5.41, 5.74) is 0.804. The van der Waals surface area contributed by atoms with Crippen molar-refractivity contribution in [2.45, 2.75) is 57.7 Å². The van der Waals surface area contributed by atoms with Crippen molar-refractivity contribution in [3.05, 3.63) is 29.8 Å². The lowest BCUT2D eigenvalue weighted by molar-refractivity contribution is 0.0514. The van der Waals surface area contributed by atoms with Crippen LogP contribution in [0.3, 0.4) is 0 Å². The molecule has 0 radical (unpaired) electrons. The van der Waals surface area contributed by atoms with Gasteiger partial charge in [-0.25, -0.2) is 4.79 Å². The van der Waals surface area contributed by atoms with Gasteiger partial charge in [-0.3, -0.25) is 4.79 Å². The molecule has 1 saturated carbocycles. The lowest BCUT2D eigenvalue weighted by Gasteiger charge is -2.31. The van der Waals surface area contributed by atoms with E-state index >= 15 is 0 Å². The monoisotopic (exact) mass is 345 g/mol. The van der Waals surface area contributed by atoms with Gasteiger partial charge in [0.05, 0.1) is 11.6 Å². The van der Waals surface area contributed by atoms with Crippen molar-refractivity contribution >= 4 is 17.6 Å². The summed E-state index contributed by atoms with van der Waals surface area (Å²) in [5, 5.41) is 8.68. The van der Waals surface area contributed by atoms with Crippen molar-refractivity contribution in [3.63, 3.8) is 0 Å². The number of hydrogen-bond donors (Lipinski definition) is 3. The fourth-order valence-electron chi connectivity index (χ4n) is 3.41. The highest BCUT2D eigenvalue weighted by molar-refractivity contribution is 5.97. The Labute approximate surface area is 148 Å². The van der Waals surface area contributed by atoms with E-state index in [4.69, 9.17) is 4.74 Å². The smallest absolute Gasteiger partial charge is 0.319 e. The molecule has 1 heterocycles. The Balaban J connectivity index is 1.66. The zero-order chi connectivity index (χ0) is 18.0. The van der Waals surface area contributed by atoms with E-state index in [1.807, 2.05) is 13.8 Å². The van der Waals surface area contributed by atoms with Crippen molar-refractivity contribution < 1.29 is 14.3 Å². The molecule has 6 nitrogen and oxygen atoms in total. The summed E-state index contributed by atoms with van der Waals surface area (Å²) in [6, 6.07) is 6.76. The molecule has 25 heavy (non-hydrogen) atoms. The molecule has 2 unspecified atom stereocenters. The van der Waals surface area contributed by atoms with Gasteiger partial charge in [-0.1, -0.05) is 6.07 Å². The number of hydrogen-bond acceptors (Lipinski definition) is 3. The van der Waals surface area contributed by atoms with Gasteiger partial charge in [0, 0.05) is 23.9 Å². The van der Waals surface area contributed by atoms with Gasteiger partial charge in [-0.05, 0) is 64.2 Å². The predicted octanol–water partition coefficient (Wildman–Crippen LogP) is 2.90. The molecular formula is C19H27N3O3. The lowest BCUT2D eigenvalue weighted by Crippen LogP contribution is -2.52. The maximum Gasteiger partial charge on any atom is 0.319 e. The zero-order valence-corrected chi connectivity index (χ0v) is 15.1. The molecule has 1 aliphatic carbocycles. The molecule has 3 amide bonds. The second-order valence-corrected chi connectivity index (χ2v) is 7.58. The topological polar surface area (TPSA) is 79.5 Å². The van der Waals surface area contributed by atoms with Crippen molar-refractivity contribution in [3.8, 4) is 0 Å². The van der Waals surface area contributed by atoms with E-state index < -0.39 is 0 Å². The van der Waals surface area contributed by atoms with Crippen LogP contribution in [-0.2, 0) is 4.74 Å². The molecule has 1 aromatic carbocycles. The summed E-state index contributed by atoms with van der Waals surface area (Å²) in [7, 11) is 0. The van der Waals surface area contributed by atoms with Gasteiger partial charge in [0.25, 0.3) is 5.91 Å². The largest absolute Gasteiger partial charge is 0.375 e. The zero-order valence-electron chi connectivity index (χ0n) is 15.1. The summed E-state index contributed by atoms with van der Waals surface area (Å²) in [6.07, 6.45) is 3.30. The Morgan fingerprint density at radius 2 is 2.04 bits per heavy atom. The second-order valence-electron chi connectivity index (χ2n) is 7.58. The molecule has 1 saturated heterocycles. The molecule has 136 valence electrons. The molecule has 3 N–H and O–H groups in total. The first-order chi connectivity index (χ1) is 11.9. The minimum atomic E-state index is -0.323. The fraction of sp³-hybridized carbons (Fsp3) is 0.579. The Morgan fingerprint density at radius 3 is 2.72 bits per heavy atom. The molecule has 0 bridgehead atoms. The average Bonchev–Trinajstić information content (AvgIpc) is 3.29. The molecule has 6 heteroatoms. The molecule has 2 atom stereocenters. The second kappa shape index (κ2) is 7.04. The van der Waals surface area contributed by atoms with Gasteiger partial charge < -0.3 is 20.7 Å². The molecule has 0 spiro atoms. The lowest BCUT2D eigenvalue weighted by atomic mass is 9.90. The van der Waals surface area contributed by atoms with Gasteiger partial charge in [0.15, 0.2) is 0 Å². The van der Waals surface area contributed by atoms with Crippen molar-refractivity contribution in [1.29, 1.82) is 0 Å². The number of rotatable bonds is 5. The van der Waals surface area contributed by atoms with Crippen molar-refractivity contribution in [2.75, 3.05) is 11.9 Å². The normalized spacial score (nSPS) is 25.7. The number of amides is 3. The van der Waals surface area contributed by atoms with Gasteiger partial charge in [-0.2, -0.15) is 0 Å². The average molecular weight is 345 g/mol. The highest BCUT2D eigenvalue weighted by atomic mass is 16.5. The summed E-state index contributed by atoms with van der Waals surface area (Å²) in [5.74, 6) is 0.437. The molecule has 1 aliphatic heterocycles. The Hall–Kier alpha value is -2.08. The number of urea groups is 1. The first-order valence-electron chi connectivity index (χ1n) is 8.99. The van der Waals surface area contributed by atoms with Crippen LogP contribution in [0.4, 0.5) is 10.5 Å². The van der Waals surface area contributed by atoms with Crippen molar-refractivity contribution in [2.24, 2.45) is 5.92 Å². The number of benzene rings is 1. The third-order valence-corrected chi connectivity index (χ3v) is 4.80. The summed E-state index contributed by atoms with van der Waals surface area (Å²) < 4.78 is 5.86. The predicted molar refractivity (Wildman–Crippen MR) is 96.7 cm³/mol. The maximum atomic E-state index is 12.7. The first-order valence-corrected chi connectivity index (χ1v) is 8.99. The molecule has 2 fully saturated rings. The molecule has 2 aliphatic rings. The summed E-state index contributed by atoms with van der Waals surface area (Å²) in [4.78, 5) is 24.5. The Kier molecular flexibility index (Phi) is 4.99. The molecule has 3 rings (SSSR count). The van der Waals surface area contributed by atoms with Crippen LogP contribution in [0.25, 0.3) is 0 Å². The van der Waals surface area contributed by atoms with Crippen LogP contribution in [0.15, 0.2) is 24.3 Å². The van der Waals surface area contributed by atoms with Crippen molar-refractivity contribution in [1.82, 2.24) is 10.6 Å². The SMILES string of the molecule is CC(C)NC(=O)Nc1cccc(C(=O)NC2(C)CCOC2C2CC2)c1. The van der Waals surface area contributed by atoms with E-state index in [2.05, 4.69) is 22.9 Å². The van der Waals surface area contributed by atoms with Crippen LogP contribution in [0.5, 0.6) is 0 Å². The highest BCUT2D eigenvalue weighted by Gasteiger charge is 2.49. The number of ether oxygens (including phenoxy) is 1. The van der Waals surface area contributed by atoms with Crippen LogP contribution in [0.1, 0.15) is 50.4 Å². The minimum absolute atomic E-state index is 0.0492. The van der Waals surface area contributed by atoms with E-state index in [0.717, 1.165) is 6.42 Å². The number of nitrogens with one attached hydrogen (secondary N) is 3. The van der Waals surface area contributed by atoms with Crippen LogP contribution >= 0.6 is 0 Å². The number of carbonyl (C=O) groups excluding carboxylic acids is 2. The Morgan fingerprint density at radius 1 is 1.28 bits per heavy atom. The van der Waals surface area contributed by atoms with E-state index in [9.17, 15) is 9.59 Å². The van der Waals surface area contributed by atoms with Gasteiger partial charge in [0.2, 0.25) is 0 Å². The van der Waals surface area contributed by atoms with Gasteiger partial charge in [-0.15, -0.1) is 0 Å². The third-order valence-electron chi connectivity index (χ3n) is 4.80. The minimum Gasteiger partial charge on any atom is -0.375 e. The van der Waals surface area contributed by atoms with Crippen LogP contribution < -0.4 is 16.0 Å². The number of anilines is 1. The highest BCUT2D eigenvalue weighted by Crippen LogP contribution is 2.43. The molecule has 0 aromatic heterocycles. The molecular weight excluding hydrogens is 318 g/mol. The van der Waals surface area contributed by atoms with E-state index in [1.165, 1.54) is 12.8 Å². The maximum absolute atomic E-state index is 12.7. The first kappa shape index (κ1) is 17.7. The van der Waals surface area contributed by atoms with Crippen LogP contribution in [0.2, 0.25) is 0 Å². The standard InChI is InChI=1S/C19H27N3O3/c1-12(2)20-18(24)21-15-6-4-5-14(11-15)17(23)22-19(3)9-10-25-16(19)13-7-8-13/h4-6,11-13,16H,7-10H2,1-3H3,(H,22,23)(H2,20,21,24). The Bertz CT molecular complexity index is 657. The van der Waals surface area contributed by atoms with E-state index in [1.54, 1.807) is 24.3 Å². The third kappa shape index (κ3) is 4.31. The van der Waals surface area contributed by atoms with Gasteiger partial charge in [0.1, 0.15) is 0 Å². The van der Waals surface area contributed by atoms with Crippen LogP contribution in [-0.4, -0.2) is 36.2 Å². The van der Waals surface area contributed by atoms with E-state index in [0.29, 0.717) is 23.8 Å².